The third kappa shape index (κ3) is 45.6. The monoisotopic (exact) mass is 208 g/mol. The van der Waals surface area contributed by atoms with Gasteiger partial charge in [-0.3, -0.25) is 4.79 Å². The van der Waals surface area contributed by atoms with E-state index in [0.29, 0.717) is 0 Å². The molecule has 0 rings (SSSR count). The number of rotatable bonds is 0. The van der Waals surface area contributed by atoms with Gasteiger partial charge >= 0.3 is 6.09 Å². The lowest BCUT2D eigenvalue weighted by Crippen LogP contribution is -2.16. The highest BCUT2D eigenvalue weighted by Crippen LogP contribution is 1.62. The Kier molecular flexibility index (Phi) is 23.4. The molecular weight excluding hydrogens is 188 g/mol. The molecule has 0 unspecified atom stereocenters. The van der Waals surface area contributed by atoms with Gasteiger partial charge in [-0.25, -0.2) is 4.79 Å². The smallest absolute Gasteiger partial charge is 0.406 e. The van der Waals surface area contributed by atoms with Crippen molar-refractivity contribution >= 4 is 12.0 Å². The van der Waals surface area contributed by atoms with Crippen molar-refractivity contribution in [1.29, 1.82) is 0 Å². The van der Waals surface area contributed by atoms with Gasteiger partial charge in [0.2, 0.25) is 5.91 Å². The molecule has 0 spiro atoms. The Morgan fingerprint density at radius 2 is 1.29 bits per heavy atom. The van der Waals surface area contributed by atoms with Gasteiger partial charge in [0.05, 0.1) is 7.11 Å². The number of alkyl carbamates (subject to hydrolysis) is 1. The zero-order valence-electron chi connectivity index (χ0n) is 9.63. The molecule has 0 fully saturated rings. The molecule has 0 aromatic heterocycles. The van der Waals surface area contributed by atoms with E-state index < -0.39 is 6.09 Å². The molecule has 0 atom stereocenters. The Labute approximate surface area is 85.0 Å². The highest BCUT2D eigenvalue weighted by molar-refractivity contribution is 5.72. The molecule has 0 aromatic rings. The molecular formula is C8H20N2O4. The van der Waals surface area contributed by atoms with Crippen molar-refractivity contribution in [3.63, 3.8) is 0 Å². The van der Waals surface area contributed by atoms with E-state index in [9.17, 15) is 9.59 Å². The summed E-state index contributed by atoms with van der Waals surface area (Å²) in [4.78, 5) is 19.5. The predicted molar refractivity (Wildman–Crippen MR) is 54.1 cm³/mol. The molecule has 6 nitrogen and oxygen atoms in total. The lowest BCUT2D eigenvalue weighted by atomic mass is 10.7. The molecule has 0 saturated carbocycles. The number of carbonyl (C=O) groups excluding carboxylic acids is 2. The van der Waals surface area contributed by atoms with E-state index >= 15 is 0 Å². The van der Waals surface area contributed by atoms with Crippen LogP contribution < -0.4 is 10.6 Å². The lowest BCUT2D eigenvalue weighted by molar-refractivity contribution is -0.118. The first-order valence-corrected chi connectivity index (χ1v) is 3.84. The fourth-order valence-electron chi connectivity index (χ4n) is 0.102. The summed E-state index contributed by atoms with van der Waals surface area (Å²) in [5, 5.41) is 4.64. The van der Waals surface area contributed by atoms with Crippen LogP contribution in [-0.4, -0.2) is 47.4 Å². The van der Waals surface area contributed by atoms with Crippen LogP contribution in [0.4, 0.5) is 4.79 Å². The summed E-state index contributed by atoms with van der Waals surface area (Å²) < 4.78 is 8.40. The fourth-order valence-corrected chi connectivity index (χ4v) is 0.102. The molecule has 0 aliphatic rings. The Morgan fingerprint density at radius 3 is 1.29 bits per heavy atom. The Bertz CT molecular complexity index is 133. The van der Waals surface area contributed by atoms with Gasteiger partial charge in [0.1, 0.15) is 0 Å². The summed E-state index contributed by atoms with van der Waals surface area (Å²) >= 11 is 0. The maximum atomic E-state index is 9.85. The van der Waals surface area contributed by atoms with Crippen molar-refractivity contribution in [2.24, 2.45) is 0 Å². The first-order valence-electron chi connectivity index (χ1n) is 3.84. The molecule has 0 aliphatic heterocycles. The summed E-state index contributed by atoms with van der Waals surface area (Å²) in [5.41, 5.74) is 0. The van der Waals surface area contributed by atoms with Gasteiger partial charge in [-0.05, 0) is 0 Å². The van der Waals surface area contributed by atoms with Gasteiger partial charge in [-0.2, -0.15) is 0 Å². The van der Waals surface area contributed by atoms with E-state index in [4.69, 9.17) is 0 Å². The van der Waals surface area contributed by atoms with Crippen molar-refractivity contribution in [1.82, 2.24) is 10.6 Å². The van der Waals surface area contributed by atoms with E-state index in [1.54, 1.807) is 21.3 Å². The van der Waals surface area contributed by atoms with Crippen LogP contribution in [-0.2, 0) is 14.3 Å². The molecule has 0 aromatic carbocycles. The molecule has 2 amide bonds. The highest BCUT2D eigenvalue weighted by atomic mass is 16.5. The van der Waals surface area contributed by atoms with Crippen LogP contribution in [0, 0.1) is 0 Å². The number of hydrogen-bond donors (Lipinski definition) is 2. The topological polar surface area (TPSA) is 76.7 Å². The standard InChI is InChI=1S/C3H7NO2.C3H7NO.C2H6O/c1-4-3(5)6-2;1-3(5)4-2;1-3-2/h1-2H3,(H,4,5);1-2H3,(H,4,5);1-2H3. The van der Waals surface area contributed by atoms with Gasteiger partial charge in [-0.15, -0.1) is 0 Å². The normalized spacial score (nSPS) is 6.71. The van der Waals surface area contributed by atoms with Crippen LogP contribution in [0.2, 0.25) is 0 Å². The molecule has 0 aliphatic carbocycles. The van der Waals surface area contributed by atoms with Gasteiger partial charge in [0.15, 0.2) is 0 Å². The third-order valence-corrected chi connectivity index (χ3v) is 0.742. The van der Waals surface area contributed by atoms with E-state index in [1.807, 2.05) is 0 Å². The lowest BCUT2D eigenvalue weighted by Gasteiger charge is -1.90. The Balaban J connectivity index is -0.000000138. The SMILES string of the molecule is CNC(=O)OC.CNC(C)=O.COC. The number of ether oxygens (including phenoxy) is 2. The molecule has 6 heteroatoms. The predicted octanol–water partition coefficient (Wildman–Crippen LogP) is -0.0129. The Morgan fingerprint density at radius 1 is 1.00 bits per heavy atom. The van der Waals surface area contributed by atoms with E-state index in [0.717, 1.165) is 0 Å². The van der Waals surface area contributed by atoms with Gasteiger partial charge in [-0.1, -0.05) is 0 Å². The maximum absolute atomic E-state index is 9.85. The van der Waals surface area contributed by atoms with Crippen LogP contribution >= 0.6 is 0 Å². The molecule has 0 heterocycles. The summed E-state index contributed by atoms with van der Waals surface area (Å²) in [6.45, 7) is 1.47. The third-order valence-electron chi connectivity index (χ3n) is 0.742. The van der Waals surface area contributed by atoms with Gasteiger partial charge < -0.3 is 20.1 Å². The summed E-state index contributed by atoms with van der Waals surface area (Å²) in [7, 11) is 7.67. The summed E-state index contributed by atoms with van der Waals surface area (Å²) in [6.07, 6.45) is -0.407. The van der Waals surface area contributed by atoms with E-state index in [2.05, 4.69) is 20.1 Å². The maximum Gasteiger partial charge on any atom is 0.406 e. The number of methoxy groups -OCH3 is 2. The minimum atomic E-state index is -0.407. The molecule has 86 valence electrons. The van der Waals surface area contributed by atoms with Gasteiger partial charge in [0, 0.05) is 35.2 Å². The first kappa shape index (κ1) is 18.5. The molecule has 2 N–H and O–H groups in total. The fraction of sp³-hybridized carbons (Fsp3) is 0.750. The zero-order chi connectivity index (χ0) is 12.0. The minimum Gasteiger partial charge on any atom is -0.453 e. The number of carbonyl (C=O) groups is 2. The molecule has 14 heavy (non-hydrogen) atoms. The molecule has 0 radical (unpaired) electrons. The van der Waals surface area contributed by atoms with E-state index in [-0.39, 0.29) is 5.91 Å². The number of nitrogens with one attached hydrogen (secondary N) is 2. The van der Waals surface area contributed by atoms with Gasteiger partial charge in [0.25, 0.3) is 0 Å². The largest absolute Gasteiger partial charge is 0.453 e. The number of amides is 2. The average molecular weight is 208 g/mol. The van der Waals surface area contributed by atoms with Crippen molar-refractivity contribution in [3.8, 4) is 0 Å². The minimum absolute atomic E-state index is 0.00463. The van der Waals surface area contributed by atoms with Crippen molar-refractivity contribution in [3.05, 3.63) is 0 Å². The average Bonchev–Trinajstić information content (AvgIpc) is 2.18. The quantitative estimate of drug-likeness (QED) is 0.587. The van der Waals surface area contributed by atoms with Crippen LogP contribution in [0.1, 0.15) is 6.92 Å². The van der Waals surface area contributed by atoms with Crippen molar-refractivity contribution in [2.75, 3.05) is 35.4 Å². The van der Waals surface area contributed by atoms with Crippen LogP contribution in [0.5, 0.6) is 0 Å². The van der Waals surface area contributed by atoms with Crippen LogP contribution in [0.3, 0.4) is 0 Å². The summed E-state index contributed by atoms with van der Waals surface area (Å²) in [5.74, 6) is 0.00463. The second-order valence-electron chi connectivity index (χ2n) is 1.96. The Hall–Kier alpha value is -1.30. The first-order chi connectivity index (χ1) is 6.49. The number of hydrogen-bond acceptors (Lipinski definition) is 4. The second-order valence-corrected chi connectivity index (χ2v) is 1.96. The van der Waals surface area contributed by atoms with Crippen LogP contribution in [0.15, 0.2) is 0 Å². The van der Waals surface area contributed by atoms with E-state index in [1.165, 1.54) is 21.1 Å². The second kappa shape index (κ2) is 17.7. The van der Waals surface area contributed by atoms with Crippen molar-refractivity contribution < 1.29 is 19.1 Å². The summed E-state index contributed by atoms with van der Waals surface area (Å²) in [6, 6.07) is 0. The highest BCUT2D eigenvalue weighted by Gasteiger charge is 1.85. The van der Waals surface area contributed by atoms with Crippen molar-refractivity contribution in [2.45, 2.75) is 6.92 Å². The molecule has 0 bridgehead atoms. The zero-order valence-corrected chi connectivity index (χ0v) is 9.63. The van der Waals surface area contributed by atoms with Crippen LogP contribution in [0.25, 0.3) is 0 Å². The molecule has 0 saturated heterocycles.